The van der Waals surface area contributed by atoms with Crippen molar-refractivity contribution in [2.75, 3.05) is 6.54 Å². The van der Waals surface area contributed by atoms with Crippen molar-refractivity contribution in [2.45, 2.75) is 26.1 Å². The minimum absolute atomic E-state index is 0.00535. The Morgan fingerprint density at radius 3 is 2.48 bits per heavy atom. The third-order valence-electron chi connectivity index (χ3n) is 4.30. The van der Waals surface area contributed by atoms with E-state index in [1.165, 1.54) is 4.90 Å². The summed E-state index contributed by atoms with van der Waals surface area (Å²) in [7, 11) is 0. The molecule has 0 bridgehead atoms. The maximum Gasteiger partial charge on any atom is 0.416 e. The number of hydrogen-bond donors (Lipinski definition) is 1. The number of aromatic nitrogens is 2. The molecule has 0 fully saturated rings. The first-order chi connectivity index (χ1) is 13.7. The van der Waals surface area contributed by atoms with Crippen LogP contribution in [0.4, 0.5) is 13.2 Å². The molecule has 0 aliphatic heterocycles. The van der Waals surface area contributed by atoms with E-state index >= 15 is 0 Å². The normalized spacial score (nSPS) is 11.6. The Morgan fingerprint density at radius 1 is 1.17 bits per heavy atom. The van der Waals surface area contributed by atoms with Gasteiger partial charge in [-0.2, -0.15) is 13.2 Å². The van der Waals surface area contributed by atoms with Crippen molar-refractivity contribution in [3.63, 3.8) is 0 Å². The van der Waals surface area contributed by atoms with Gasteiger partial charge < -0.3 is 9.88 Å². The number of fused-ring (bicyclic) bond motifs is 1. The predicted molar refractivity (Wildman–Crippen MR) is 104 cm³/mol. The van der Waals surface area contributed by atoms with E-state index in [1.807, 2.05) is 6.92 Å². The molecular formula is C20H17ClF3N3O2. The zero-order chi connectivity index (χ0) is 21.2. The maximum absolute atomic E-state index is 12.8. The molecule has 3 aromatic rings. The molecule has 0 saturated heterocycles. The molecule has 1 heterocycles. The number of aromatic amines is 1. The van der Waals surface area contributed by atoms with Crippen LogP contribution in [0.1, 0.15) is 35.1 Å². The van der Waals surface area contributed by atoms with Gasteiger partial charge in [0.25, 0.3) is 11.5 Å². The first-order valence-corrected chi connectivity index (χ1v) is 9.22. The van der Waals surface area contributed by atoms with Crippen LogP contribution in [-0.2, 0) is 12.7 Å². The van der Waals surface area contributed by atoms with Crippen LogP contribution in [0.25, 0.3) is 10.9 Å². The maximum atomic E-state index is 12.8. The first kappa shape index (κ1) is 20.9. The molecule has 1 amide bonds. The number of benzene rings is 2. The fraction of sp³-hybridized carbons (Fsp3) is 0.250. The Hall–Kier alpha value is -2.87. The highest BCUT2D eigenvalue weighted by Crippen LogP contribution is 2.29. The number of H-pyrrole nitrogens is 1. The van der Waals surface area contributed by atoms with Crippen LogP contribution in [0.3, 0.4) is 0 Å². The molecule has 3 rings (SSSR count). The topological polar surface area (TPSA) is 66.1 Å². The monoisotopic (exact) mass is 423 g/mol. The van der Waals surface area contributed by atoms with Gasteiger partial charge >= 0.3 is 6.18 Å². The van der Waals surface area contributed by atoms with E-state index in [0.717, 1.165) is 24.3 Å². The van der Waals surface area contributed by atoms with Crippen molar-refractivity contribution in [1.29, 1.82) is 0 Å². The lowest BCUT2D eigenvalue weighted by atomic mass is 10.1. The molecule has 5 nitrogen and oxygen atoms in total. The Kier molecular flexibility index (Phi) is 5.93. The van der Waals surface area contributed by atoms with Gasteiger partial charge in [-0.05, 0) is 48.9 Å². The van der Waals surface area contributed by atoms with E-state index in [4.69, 9.17) is 11.6 Å². The van der Waals surface area contributed by atoms with Crippen LogP contribution < -0.4 is 5.56 Å². The molecule has 0 aliphatic rings. The number of nitrogens with one attached hydrogen (secondary N) is 1. The molecule has 0 saturated carbocycles. The molecule has 1 N–H and O–H groups in total. The van der Waals surface area contributed by atoms with E-state index in [1.54, 1.807) is 18.2 Å². The molecule has 0 atom stereocenters. The van der Waals surface area contributed by atoms with Gasteiger partial charge in [-0.15, -0.1) is 0 Å². The summed E-state index contributed by atoms with van der Waals surface area (Å²) in [6, 6.07) is 8.72. The van der Waals surface area contributed by atoms with E-state index < -0.39 is 17.6 Å². The molecule has 0 aliphatic carbocycles. The van der Waals surface area contributed by atoms with Gasteiger partial charge in [-0.25, -0.2) is 4.98 Å². The average Bonchev–Trinajstić information content (AvgIpc) is 2.66. The molecule has 0 unspecified atom stereocenters. The second-order valence-corrected chi connectivity index (χ2v) is 6.91. The second kappa shape index (κ2) is 8.24. The van der Waals surface area contributed by atoms with Gasteiger partial charge in [-0.3, -0.25) is 9.59 Å². The minimum Gasteiger partial charge on any atom is -0.331 e. The Bertz CT molecular complexity index is 1090. The SMILES string of the molecule is CCCN(Cc1nc2cc(Cl)ccc2c(=O)[nH]1)C(=O)c1ccc(C(F)(F)F)cc1. The van der Waals surface area contributed by atoms with E-state index in [-0.39, 0.29) is 23.5 Å². The average molecular weight is 424 g/mol. The third-order valence-corrected chi connectivity index (χ3v) is 4.53. The number of nitrogens with zero attached hydrogens (tertiary/aromatic N) is 2. The van der Waals surface area contributed by atoms with Gasteiger partial charge in [0.1, 0.15) is 5.82 Å². The number of carbonyl (C=O) groups is 1. The zero-order valence-corrected chi connectivity index (χ0v) is 16.1. The second-order valence-electron chi connectivity index (χ2n) is 6.48. The Morgan fingerprint density at radius 2 is 1.86 bits per heavy atom. The van der Waals surface area contributed by atoms with Crippen molar-refractivity contribution in [3.8, 4) is 0 Å². The lowest BCUT2D eigenvalue weighted by Crippen LogP contribution is -2.32. The van der Waals surface area contributed by atoms with Crippen LogP contribution in [0, 0.1) is 0 Å². The van der Waals surface area contributed by atoms with E-state index in [9.17, 15) is 22.8 Å². The molecule has 9 heteroatoms. The summed E-state index contributed by atoms with van der Waals surface area (Å²) in [6.07, 6.45) is -3.85. The summed E-state index contributed by atoms with van der Waals surface area (Å²) in [6.45, 7) is 2.21. The summed E-state index contributed by atoms with van der Waals surface area (Å²) in [4.78, 5) is 33.5. The summed E-state index contributed by atoms with van der Waals surface area (Å²) >= 11 is 5.96. The van der Waals surface area contributed by atoms with E-state index in [2.05, 4.69) is 9.97 Å². The number of halogens is 4. The molecule has 152 valence electrons. The van der Waals surface area contributed by atoms with Gasteiger partial charge in [-0.1, -0.05) is 18.5 Å². The summed E-state index contributed by atoms with van der Waals surface area (Å²) in [5.41, 5.74) is -0.666. The molecule has 1 aromatic heterocycles. The van der Waals surface area contributed by atoms with Crippen molar-refractivity contribution >= 4 is 28.4 Å². The van der Waals surface area contributed by atoms with Crippen molar-refractivity contribution < 1.29 is 18.0 Å². The van der Waals surface area contributed by atoms with Crippen molar-refractivity contribution in [3.05, 3.63) is 74.8 Å². The van der Waals surface area contributed by atoms with Crippen LogP contribution in [0.2, 0.25) is 5.02 Å². The van der Waals surface area contributed by atoms with Gasteiger partial charge in [0.15, 0.2) is 0 Å². The highest BCUT2D eigenvalue weighted by atomic mass is 35.5. The Labute approximate surface area is 169 Å². The number of rotatable bonds is 5. The summed E-state index contributed by atoms with van der Waals surface area (Å²) < 4.78 is 38.2. The third kappa shape index (κ3) is 4.76. The predicted octanol–water partition coefficient (Wildman–Crippen LogP) is 4.65. The van der Waals surface area contributed by atoms with Crippen LogP contribution in [-0.4, -0.2) is 27.3 Å². The first-order valence-electron chi connectivity index (χ1n) is 8.84. The Balaban J connectivity index is 1.89. The van der Waals surface area contributed by atoms with Crippen LogP contribution in [0.5, 0.6) is 0 Å². The van der Waals surface area contributed by atoms with Crippen LogP contribution in [0.15, 0.2) is 47.3 Å². The summed E-state index contributed by atoms with van der Waals surface area (Å²) in [5.74, 6) is -0.187. The smallest absolute Gasteiger partial charge is 0.331 e. The fourth-order valence-electron chi connectivity index (χ4n) is 2.92. The van der Waals surface area contributed by atoms with Crippen molar-refractivity contribution in [1.82, 2.24) is 14.9 Å². The number of carbonyl (C=O) groups excluding carboxylic acids is 1. The quantitative estimate of drug-likeness (QED) is 0.649. The fourth-order valence-corrected chi connectivity index (χ4v) is 3.09. The number of hydrogen-bond acceptors (Lipinski definition) is 3. The minimum atomic E-state index is -4.47. The van der Waals surface area contributed by atoms with Gasteiger partial charge in [0.05, 0.1) is 23.0 Å². The van der Waals surface area contributed by atoms with E-state index in [0.29, 0.717) is 28.9 Å². The summed E-state index contributed by atoms with van der Waals surface area (Å²) in [5, 5.41) is 0.794. The molecule has 29 heavy (non-hydrogen) atoms. The highest BCUT2D eigenvalue weighted by Gasteiger charge is 2.30. The molecule has 0 radical (unpaired) electrons. The zero-order valence-electron chi connectivity index (χ0n) is 15.4. The van der Waals surface area contributed by atoms with Gasteiger partial charge in [0, 0.05) is 17.1 Å². The number of amides is 1. The van der Waals surface area contributed by atoms with Crippen LogP contribution >= 0.6 is 11.6 Å². The molecular weight excluding hydrogens is 407 g/mol. The van der Waals surface area contributed by atoms with Crippen molar-refractivity contribution in [2.24, 2.45) is 0 Å². The standard InChI is InChI=1S/C20H17ClF3N3O2/c1-2-9-27(19(29)12-3-5-13(6-4-12)20(22,23)24)11-17-25-16-10-14(21)7-8-15(16)18(28)26-17/h3-8,10H,2,9,11H2,1H3,(H,25,26,28). The molecule has 2 aromatic carbocycles. The van der Waals surface area contributed by atoms with Gasteiger partial charge in [0.2, 0.25) is 0 Å². The highest BCUT2D eigenvalue weighted by molar-refractivity contribution is 6.31. The largest absolute Gasteiger partial charge is 0.416 e. The lowest BCUT2D eigenvalue weighted by molar-refractivity contribution is -0.137. The number of alkyl halides is 3. The molecule has 0 spiro atoms. The lowest BCUT2D eigenvalue weighted by Gasteiger charge is -2.22.